The van der Waals surface area contributed by atoms with E-state index < -0.39 is 0 Å². The third-order valence-electron chi connectivity index (χ3n) is 3.12. The van der Waals surface area contributed by atoms with Crippen molar-refractivity contribution in [3.8, 4) is 11.4 Å². The highest BCUT2D eigenvalue weighted by molar-refractivity contribution is 14.1. The fourth-order valence-corrected chi connectivity index (χ4v) is 2.90. The standard InChI is InChI=1S/C15H10ClIN2O2/c1-21-13-5-3-2-4-12(13)19-14(20)10-8-9(17)6-7-11(10)18-15(19)16/h2-8H,1H3. The third-order valence-corrected chi connectivity index (χ3v) is 4.04. The van der Waals surface area contributed by atoms with Crippen LogP contribution in [-0.2, 0) is 0 Å². The van der Waals surface area contributed by atoms with Crippen molar-refractivity contribution in [3.05, 3.63) is 61.7 Å². The Hall–Kier alpha value is -1.60. The molecule has 0 radical (unpaired) electrons. The summed E-state index contributed by atoms with van der Waals surface area (Å²) in [5, 5.41) is 0.635. The van der Waals surface area contributed by atoms with Crippen LogP contribution in [-0.4, -0.2) is 16.7 Å². The topological polar surface area (TPSA) is 44.1 Å². The number of ether oxygens (including phenoxy) is 1. The van der Waals surface area contributed by atoms with Crippen LogP contribution in [0, 0.1) is 3.57 Å². The summed E-state index contributed by atoms with van der Waals surface area (Å²) in [6.07, 6.45) is 0. The Balaban J connectivity index is 2.40. The van der Waals surface area contributed by atoms with Crippen LogP contribution in [0.2, 0.25) is 5.28 Å². The highest BCUT2D eigenvalue weighted by atomic mass is 127. The van der Waals surface area contributed by atoms with Gasteiger partial charge in [0.25, 0.3) is 5.56 Å². The molecule has 0 spiro atoms. The first-order valence-corrected chi connectivity index (χ1v) is 7.58. The van der Waals surface area contributed by atoms with E-state index in [0.717, 1.165) is 3.57 Å². The zero-order chi connectivity index (χ0) is 15.0. The molecule has 4 nitrogen and oxygen atoms in total. The minimum Gasteiger partial charge on any atom is -0.495 e. The zero-order valence-electron chi connectivity index (χ0n) is 11.0. The molecule has 0 atom stereocenters. The molecule has 1 heterocycles. The Morgan fingerprint density at radius 3 is 2.76 bits per heavy atom. The second-order valence-corrected chi connectivity index (χ2v) is 5.94. The molecule has 0 aliphatic heterocycles. The number of hydrogen-bond acceptors (Lipinski definition) is 3. The summed E-state index contributed by atoms with van der Waals surface area (Å²) < 4.78 is 7.62. The summed E-state index contributed by atoms with van der Waals surface area (Å²) in [5.74, 6) is 0.563. The Morgan fingerprint density at radius 1 is 1.24 bits per heavy atom. The van der Waals surface area contributed by atoms with Gasteiger partial charge in [-0.1, -0.05) is 12.1 Å². The van der Waals surface area contributed by atoms with Gasteiger partial charge in [-0.2, -0.15) is 0 Å². The lowest BCUT2D eigenvalue weighted by Crippen LogP contribution is -2.21. The van der Waals surface area contributed by atoms with E-state index in [0.29, 0.717) is 22.3 Å². The maximum Gasteiger partial charge on any atom is 0.267 e. The van der Waals surface area contributed by atoms with Crippen LogP contribution in [0.25, 0.3) is 16.6 Å². The van der Waals surface area contributed by atoms with Crippen LogP contribution >= 0.6 is 34.2 Å². The number of fused-ring (bicyclic) bond motifs is 1. The first-order chi connectivity index (χ1) is 10.1. The number of hydrogen-bond donors (Lipinski definition) is 0. The van der Waals surface area contributed by atoms with Gasteiger partial charge in [-0.15, -0.1) is 0 Å². The van der Waals surface area contributed by atoms with Gasteiger partial charge in [-0.05, 0) is 64.5 Å². The molecule has 6 heteroatoms. The average Bonchev–Trinajstić information content (AvgIpc) is 2.49. The second kappa shape index (κ2) is 5.65. The smallest absolute Gasteiger partial charge is 0.267 e. The van der Waals surface area contributed by atoms with Crippen LogP contribution in [0.1, 0.15) is 0 Å². The molecular formula is C15H10ClIN2O2. The molecule has 21 heavy (non-hydrogen) atoms. The number of nitrogens with zero attached hydrogens (tertiary/aromatic N) is 2. The molecule has 0 fully saturated rings. The van der Waals surface area contributed by atoms with Crippen LogP contribution in [0.4, 0.5) is 0 Å². The molecule has 0 aliphatic rings. The van der Waals surface area contributed by atoms with Crippen LogP contribution in [0.3, 0.4) is 0 Å². The molecule has 0 N–H and O–H groups in total. The van der Waals surface area contributed by atoms with Gasteiger partial charge in [0, 0.05) is 3.57 Å². The fraction of sp³-hybridized carbons (Fsp3) is 0.0667. The van der Waals surface area contributed by atoms with Gasteiger partial charge in [0.2, 0.25) is 5.28 Å². The van der Waals surface area contributed by atoms with Crippen molar-refractivity contribution in [2.45, 2.75) is 0 Å². The number of aromatic nitrogens is 2. The number of halogens is 2. The van der Waals surface area contributed by atoms with Gasteiger partial charge in [-0.3, -0.25) is 4.79 Å². The predicted molar refractivity (Wildman–Crippen MR) is 91.6 cm³/mol. The molecule has 0 saturated heterocycles. The van der Waals surface area contributed by atoms with Gasteiger partial charge >= 0.3 is 0 Å². The summed E-state index contributed by atoms with van der Waals surface area (Å²) >= 11 is 8.37. The molecule has 3 aromatic rings. The van der Waals surface area contributed by atoms with Crippen molar-refractivity contribution < 1.29 is 4.74 Å². The van der Waals surface area contributed by atoms with Gasteiger partial charge in [0.1, 0.15) is 5.75 Å². The highest BCUT2D eigenvalue weighted by Gasteiger charge is 2.14. The maximum atomic E-state index is 12.7. The van der Waals surface area contributed by atoms with E-state index in [2.05, 4.69) is 27.6 Å². The van der Waals surface area contributed by atoms with Gasteiger partial charge in [0.05, 0.1) is 23.7 Å². The van der Waals surface area contributed by atoms with E-state index in [9.17, 15) is 4.79 Å². The highest BCUT2D eigenvalue weighted by Crippen LogP contribution is 2.24. The number of para-hydroxylation sites is 2. The van der Waals surface area contributed by atoms with E-state index in [1.807, 2.05) is 18.2 Å². The zero-order valence-corrected chi connectivity index (χ0v) is 13.9. The van der Waals surface area contributed by atoms with E-state index in [1.165, 1.54) is 4.57 Å². The number of rotatable bonds is 2. The van der Waals surface area contributed by atoms with Crippen molar-refractivity contribution in [3.63, 3.8) is 0 Å². The Labute approximate surface area is 139 Å². The molecule has 0 bridgehead atoms. The quantitative estimate of drug-likeness (QED) is 0.477. The van der Waals surface area contributed by atoms with Crippen molar-refractivity contribution in [2.24, 2.45) is 0 Å². The molecule has 2 aromatic carbocycles. The molecule has 106 valence electrons. The molecular weight excluding hydrogens is 403 g/mol. The molecule has 0 amide bonds. The van der Waals surface area contributed by atoms with Crippen LogP contribution < -0.4 is 10.3 Å². The van der Waals surface area contributed by atoms with Crippen molar-refractivity contribution in [1.29, 1.82) is 0 Å². The Kier molecular flexibility index (Phi) is 3.86. The molecule has 3 rings (SSSR count). The fourth-order valence-electron chi connectivity index (χ4n) is 2.15. The van der Waals surface area contributed by atoms with Crippen molar-refractivity contribution >= 4 is 45.1 Å². The minimum atomic E-state index is -0.215. The second-order valence-electron chi connectivity index (χ2n) is 4.35. The molecule has 0 aliphatic carbocycles. The first-order valence-electron chi connectivity index (χ1n) is 6.13. The predicted octanol–water partition coefficient (Wildman–Crippen LogP) is 3.65. The number of benzene rings is 2. The monoisotopic (exact) mass is 412 g/mol. The summed E-state index contributed by atoms with van der Waals surface area (Å²) in [7, 11) is 1.55. The van der Waals surface area contributed by atoms with Gasteiger partial charge in [0.15, 0.2) is 0 Å². The maximum absolute atomic E-state index is 12.7. The molecule has 0 saturated carbocycles. The van der Waals surface area contributed by atoms with Gasteiger partial charge < -0.3 is 4.74 Å². The van der Waals surface area contributed by atoms with E-state index in [4.69, 9.17) is 16.3 Å². The lowest BCUT2D eigenvalue weighted by Gasteiger charge is -2.12. The van der Waals surface area contributed by atoms with E-state index in [-0.39, 0.29) is 10.8 Å². The Morgan fingerprint density at radius 2 is 2.00 bits per heavy atom. The SMILES string of the molecule is COc1ccccc1-n1c(Cl)nc2ccc(I)cc2c1=O. The molecule has 1 aromatic heterocycles. The van der Waals surface area contributed by atoms with Crippen LogP contribution in [0.5, 0.6) is 5.75 Å². The van der Waals surface area contributed by atoms with Crippen LogP contribution in [0.15, 0.2) is 47.3 Å². The number of methoxy groups -OCH3 is 1. The average molecular weight is 413 g/mol. The van der Waals surface area contributed by atoms with E-state index in [1.54, 1.807) is 31.4 Å². The summed E-state index contributed by atoms with van der Waals surface area (Å²) in [6.45, 7) is 0. The van der Waals surface area contributed by atoms with E-state index >= 15 is 0 Å². The first kappa shape index (κ1) is 14.3. The third kappa shape index (κ3) is 2.51. The summed E-state index contributed by atoms with van der Waals surface area (Å²) in [6, 6.07) is 12.7. The van der Waals surface area contributed by atoms with Crippen molar-refractivity contribution in [1.82, 2.24) is 9.55 Å². The van der Waals surface area contributed by atoms with Gasteiger partial charge in [-0.25, -0.2) is 9.55 Å². The normalized spacial score (nSPS) is 10.8. The van der Waals surface area contributed by atoms with Crippen molar-refractivity contribution in [2.75, 3.05) is 7.11 Å². The minimum absolute atomic E-state index is 0.109. The molecule has 0 unspecified atom stereocenters. The lowest BCUT2D eigenvalue weighted by atomic mass is 10.2. The summed E-state index contributed by atoms with van der Waals surface area (Å²) in [5.41, 5.74) is 0.938. The summed E-state index contributed by atoms with van der Waals surface area (Å²) in [4.78, 5) is 17.0. The largest absolute Gasteiger partial charge is 0.495 e. The lowest BCUT2D eigenvalue weighted by molar-refractivity contribution is 0.412. The Bertz CT molecular complexity index is 892.